The van der Waals surface area contributed by atoms with E-state index < -0.39 is 0 Å². The Hall–Kier alpha value is -1.23. The second kappa shape index (κ2) is 7.97. The van der Waals surface area contributed by atoms with E-state index >= 15 is 0 Å². The molecule has 1 rings (SSSR count). The van der Waals surface area contributed by atoms with Crippen LogP contribution in [0.1, 0.15) is 30.8 Å². The van der Waals surface area contributed by atoms with Crippen LogP contribution >= 0.6 is 11.8 Å². The van der Waals surface area contributed by atoms with Gasteiger partial charge in [0.25, 0.3) is 5.91 Å². The van der Waals surface area contributed by atoms with Gasteiger partial charge in [0.05, 0.1) is 0 Å². The first kappa shape index (κ1) is 14.8. The second-order valence-corrected chi connectivity index (χ2v) is 5.39. The number of hydrogen-bond acceptors (Lipinski definition) is 4. The summed E-state index contributed by atoms with van der Waals surface area (Å²) in [5.74, 6) is -0.115. The summed E-state index contributed by atoms with van der Waals surface area (Å²) >= 11 is 1.73. The molecule has 1 aromatic heterocycles. The van der Waals surface area contributed by atoms with Crippen LogP contribution in [0.4, 0.5) is 5.69 Å². The smallest absolute Gasteiger partial charge is 0.269 e. The number of rotatable bonds is 7. The van der Waals surface area contributed by atoms with E-state index in [2.05, 4.69) is 29.5 Å². The normalized spacial score (nSPS) is 11.9. The van der Waals surface area contributed by atoms with Crippen LogP contribution < -0.4 is 10.6 Å². The maximum atomic E-state index is 11.9. The summed E-state index contributed by atoms with van der Waals surface area (Å²) < 4.78 is 0. The average Bonchev–Trinajstić information content (AvgIpc) is 2.42. The molecular weight excluding hydrogens is 246 g/mol. The summed E-state index contributed by atoms with van der Waals surface area (Å²) in [5.41, 5.74) is 1.40. The van der Waals surface area contributed by atoms with Crippen molar-refractivity contribution in [2.24, 2.45) is 0 Å². The molecule has 1 heterocycles. The molecule has 4 nitrogen and oxygen atoms in total. The lowest BCUT2D eigenvalue weighted by molar-refractivity contribution is 0.0949. The first-order valence-electron chi connectivity index (χ1n) is 6.18. The highest BCUT2D eigenvalue weighted by atomic mass is 32.2. The minimum absolute atomic E-state index is 0.115. The summed E-state index contributed by atoms with van der Waals surface area (Å²) in [6.45, 7) is 5.74. The molecule has 0 radical (unpaired) electrons. The van der Waals surface area contributed by atoms with Gasteiger partial charge in [-0.25, -0.2) is 0 Å². The molecule has 0 fully saturated rings. The van der Waals surface area contributed by atoms with Gasteiger partial charge in [0, 0.05) is 30.2 Å². The molecule has 100 valence electrons. The van der Waals surface area contributed by atoms with Crippen molar-refractivity contribution >= 4 is 23.4 Å². The van der Waals surface area contributed by atoms with Crippen molar-refractivity contribution in [2.75, 3.05) is 24.7 Å². The fourth-order valence-electron chi connectivity index (χ4n) is 1.34. The van der Waals surface area contributed by atoms with Crippen molar-refractivity contribution in [3.63, 3.8) is 0 Å². The van der Waals surface area contributed by atoms with Gasteiger partial charge in [0.2, 0.25) is 0 Å². The standard InChI is InChI=1S/C13H21N3OS/c1-4-6-14-11-5-7-15-12(8-11)13(17)16-9-10(2)18-3/h5,7-8,10H,4,6,9H2,1-3H3,(H,14,15)(H,16,17). The van der Waals surface area contributed by atoms with Crippen LogP contribution in [0.3, 0.4) is 0 Å². The number of thioether (sulfide) groups is 1. The maximum absolute atomic E-state index is 11.9. The molecule has 0 aromatic carbocycles. The topological polar surface area (TPSA) is 54.0 Å². The van der Waals surface area contributed by atoms with Crippen LogP contribution in [-0.4, -0.2) is 35.5 Å². The predicted molar refractivity (Wildman–Crippen MR) is 78.3 cm³/mol. The third-order valence-corrected chi connectivity index (χ3v) is 3.50. The molecule has 1 aromatic rings. The van der Waals surface area contributed by atoms with Crippen LogP contribution in [0.5, 0.6) is 0 Å². The Labute approximate surface area is 113 Å². The monoisotopic (exact) mass is 267 g/mol. The Morgan fingerprint density at radius 2 is 2.33 bits per heavy atom. The van der Waals surface area contributed by atoms with Gasteiger partial charge in [-0.2, -0.15) is 11.8 Å². The summed E-state index contributed by atoms with van der Waals surface area (Å²) in [6.07, 6.45) is 4.74. The zero-order chi connectivity index (χ0) is 13.4. The van der Waals surface area contributed by atoms with Crippen LogP contribution in [0.15, 0.2) is 18.3 Å². The maximum Gasteiger partial charge on any atom is 0.269 e. The van der Waals surface area contributed by atoms with Crippen molar-refractivity contribution in [3.8, 4) is 0 Å². The zero-order valence-electron chi connectivity index (χ0n) is 11.2. The molecule has 0 saturated carbocycles. The number of nitrogens with one attached hydrogen (secondary N) is 2. The number of carbonyl (C=O) groups is 1. The highest BCUT2D eigenvalue weighted by molar-refractivity contribution is 7.99. The number of aromatic nitrogens is 1. The van der Waals surface area contributed by atoms with Crippen LogP contribution in [0, 0.1) is 0 Å². The molecule has 1 atom stereocenters. The van der Waals surface area contributed by atoms with E-state index in [-0.39, 0.29) is 5.91 Å². The summed E-state index contributed by atoms with van der Waals surface area (Å²) in [6, 6.07) is 3.66. The molecule has 0 aliphatic carbocycles. The van der Waals surface area contributed by atoms with E-state index in [4.69, 9.17) is 0 Å². The Kier molecular flexibility index (Phi) is 6.57. The Morgan fingerprint density at radius 1 is 1.56 bits per heavy atom. The fourth-order valence-corrected chi connectivity index (χ4v) is 1.59. The molecule has 0 spiro atoms. The molecular formula is C13H21N3OS. The minimum Gasteiger partial charge on any atom is -0.385 e. The number of pyridine rings is 1. The molecule has 1 amide bonds. The molecule has 0 aliphatic rings. The van der Waals surface area contributed by atoms with Crippen molar-refractivity contribution in [1.82, 2.24) is 10.3 Å². The summed E-state index contributed by atoms with van der Waals surface area (Å²) in [7, 11) is 0. The van der Waals surface area contributed by atoms with E-state index in [0.29, 0.717) is 17.5 Å². The number of nitrogens with zero attached hydrogens (tertiary/aromatic N) is 1. The fraction of sp³-hybridized carbons (Fsp3) is 0.538. The van der Waals surface area contributed by atoms with Gasteiger partial charge < -0.3 is 10.6 Å². The number of amides is 1. The summed E-state index contributed by atoms with van der Waals surface area (Å²) in [4.78, 5) is 16.0. The van der Waals surface area contributed by atoms with Gasteiger partial charge in [-0.3, -0.25) is 9.78 Å². The molecule has 1 unspecified atom stereocenters. The molecule has 5 heteroatoms. The van der Waals surface area contributed by atoms with Gasteiger partial charge in [-0.15, -0.1) is 0 Å². The first-order chi connectivity index (χ1) is 8.67. The number of carbonyl (C=O) groups excluding carboxylic acids is 1. The Bertz CT molecular complexity index is 384. The van der Waals surface area contributed by atoms with Gasteiger partial charge in [-0.05, 0) is 24.8 Å². The molecule has 0 saturated heterocycles. The van der Waals surface area contributed by atoms with Crippen molar-refractivity contribution < 1.29 is 4.79 Å². The van der Waals surface area contributed by atoms with Crippen LogP contribution in [-0.2, 0) is 0 Å². The Balaban J connectivity index is 2.56. The number of anilines is 1. The van der Waals surface area contributed by atoms with Crippen LogP contribution in [0.2, 0.25) is 0 Å². The molecule has 2 N–H and O–H groups in total. The van der Waals surface area contributed by atoms with E-state index in [9.17, 15) is 4.79 Å². The van der Waals surface area contributed by atoms with E-state index in [1.165, 1.54) is 0 Å². The Morgan fingerprint density at radius 3 is 3.00 bits per heavy atom. The van der Waals surface area contributed by atoms with Gasteiger partial charge in [-0.1, -0.05) is 13.8 Å². The summed E-state index contributed by atoms with van der Waals surface area (Å²) in [5, 5.41) is 6.54. The third-order valence-electron chi connectivity index (χ3n) is 2.52. The lowest BCUT2D eigenvalue weighted by Gasteiger charge is -2.10. The lowest BCUT2D eigenvalue weighted by atomic mass is 10.3. The van der Waals surface area contributed by atoms with E-state index in [1.807, 2.05) is 12.3 Å². The van der Waals surface area contributed by atoms with Crippen molar-refractivity contribution in [1.29, 1.82) is 0 Å². The van der Waals surface area contributed by atoms with Gasteiger partial charge >= 0.3 is 0 Å². The van der Waals surface area contributed by atoms with E-state index in [0.717, 1.165) is 18.7 Å². The average molecular weight is 267 g/mol. The molecule has 18 heavy (non-hydrogen) atoms. The lowest BCUT2D eigenvalue weighted by Crippen LogP contribution is -2.30. The van der Waals surface area contributed by atoms with E-state index in [1.54, 1.807) is 24.0 Å². The first-order valence-corrected chi connectivity index (χ1v) is 7.47. The highest BCUT2D eigenvalue weighted by Gasteiger charge is 2.09. The highest BCUT2D eigenvalue weighted by Crippen LogP contribution is 2.08. The van der Waals surface area contributed by atoms with Crippen molar-refractivity contribution in [2.45, 2.75) is 25.5 Å². The van der Waals surface area contributed by atoms with Crippen molar-refractivity contribution in [3.05, 3.63) is 24.0 Å². The quantitative estimate of drug-likeness (QED) is 0.796. The zero-order valence-corrected chi connectivity index (χ0v) is 12.0. The second-order valence-electron chi connectivity index (χ2n) is 4.11. The minimum atomic E-state index is -0.115. The predicted octanol–water partition coefficient (Wildman–Crippen LogP) is 2.38. The molecule has 0 aliphatic heterocycles. The largest absolute Gasteiger partial charge is 0.385 e. The third kappa shape index (κ3) is 4.96. The van der Waals surface area contributed by atoms with Gasteiger partial charge in [0.1, 0.15) is 5.69 Å². The van der Waals surface area contributed by atoms with Gasteiger partial charge in [0.15, 0.2) is 0 Å². The van der Waals surface area contributed by atoms with Crippen LogP contribution in [0.25, 0.3) is 0 Å². The SMILES string of the molecule is CCCNc1ccnc(C(=O)NCC(C)SC)c1. The molecule has 0 bridgehead atoms. The number of hydrogen-bond donors (Lipinski definition) is 2.